The van der Waals surface area contributed by atoms with Crippen LogP contribution in [0.3, 0.4) is 0 Å². The van der Waals surface area contributed by atoms with Crippen LogP contribution in [0.1, 0.15) is 24.2 Å². The molecule has 1 unspecified atom stereocenters. The van der Waals surface area contributed by atoms with E-state index in [-0.39, 0.29) is 11.5 Å². The molecule has 2 aromatic heterocycles. The largest absolute Gasteiger partial charge is 0.324 e. The van der Waals surface area contributed by atoms with Gasteiger partial charge in [0.1, 0.15) is 6.04 Å². The Morgan fingerprint density at radius 1 is 1.14 bits per heavy atom. The van der Waals surface area contributed by atoms with E-state index in [9.17, 15) is 9.59 Å². The van der Waals surface area contributed by atoms with E-state index in [1.807, 2.05) is 60.3 Å². The van der Waals surface area contributed by atoms with Crippen molar-refractivity contribution in [2.75, 3.05) is 5.32 Å². The molecule has 28 heavy (non-hydrogen) atoms. The van der Waals surface area contributed by atoms with E-state index in [1.54, 1.807) is 12.1 Å². The Morgan fingerprint density at radius 2 is 1.89 bits per heavy atom. The number of anilines is 1. The first-order valence-corrected chi connectivity index (χ1v) is 9.32. The molecule has 1 atom stereocenters. The first kappa shape index (κ1) is 18.3. The fourth-order valence-corrected chi connectivity index (χ4v) is 3.65. The second-order valence-corrected chi connectivity index (χ2v) is 7.22. The minimum absolute atomic E-state index is 0.189. The van der Waals surface area contributed by atoms with Crippen LogP contribution in [0.5, 0.6) is 0 Å². The third-order valence-electron chi connectivity index (χ3n) is 4.96. The lowest BCUT2D eigenvalue weighted by Crippen LogP contribution is -2.27. The lowest BCUT2D eigenvalue weighted by Gasteiger charge is -2.19. The molecule has 2 aromatic carbocycles. The van der Waals surface area contributed by atoms with Crippen molar-refractivity contribution < 1.29 is 4.79 Å². The SMILES string of the molecule is Cc1c(Cl)cccc1NC(=O)C(C)n1c2ccccc2c2nc(=O)cc(C)n21. The number of benzene rings is 2. The molecular weight excluding hydrogens is 376 g/mol. The maximum atomic E-state index is 13.1. The molecule has 1 N–H and O–H groups in total. The van der Waals surface area contributed by atoms with Gasteiger partial charge in [0.2, 0.25) is 5.91 Å². The minimum atomic E-state index is -0.552. The summed E-state index contributed by atoms with van der Waals surface area (Å²) in [6.07, 6.45) is 0. The lowest BCUT2D eigenvalue weighted by atomic mass is 10.2. The van der Waals surface area contributed by atoms with Crippen molar-refractivity contribution in [3.05, 3.63) is 75.2 Å². The predicted molar refractivity (Wildman–Crippen MR) is 111 cm³/mol. The predicted octanol–water partition coefficient (Wildman–Crippen LogP) is 4.12. The van der Waals surface area contributed by atoms with Crippen molar-refractivity contribution in [1.29, 1.82) is 0 Å². The molecule has 0 aliphatic carbocycles. The van der Waals surface area contributed by atoms with Crippen LogP contribution in [0.2, 0.25) is 5.02 Å². The van der Waals surface area contributed by atoms with Crippen LogP contribution in [-0.4, -0.2) is 20.1 Å². The summed E-state index contributed by atoms with van der Waals surface area (Å²) in [6, 6.07) is 13.9. The summed E-state index contributed by atoms with van der Waals surface area (Å²) in [4.78, 5) is 29.2. The standard InChI is InChI=1S/C21H19ClN4O2/c1-12-11-19(27)24-20-15-7-4-5-10-18(15)26(25(12)20)14(3)21(28)23-17-9-6-8-16(22)13(17)2/h4-11,14H,1-3H3,(H,23,28). The number of fused-ring (bicyclic) bond motifs is 3. The number of aromatic nitrogens is 3. The Bertz CT molecular complexity index is 1290. The van der Waals surface area contributed by atoms with Gasteiger partial charge in [-0.1, -0.05) is 29.8 Å². The second kappa shape index (κ2) is 6.80. The number of aryl methyl sites for hydroxylation is 1. The van der Waals surface area contributed by atoms with Gasteiger partial charge in [-0.3, -0.25) is 14.3 Å². The van der Waals surface area contributed by atoms with E-state index in [1.165, 1.54) is 6.07 Å². The third kappa shape index (κ3) is 2.86. The number of hydrogen-bond acceptors (Lipinski definition) is 3. The van der Waals surface area contributed by atoms with E-state index in [2.05, 4.69) is 10.3 Å². The number of rotatable bonds is 3. The van der Waals surface area contributed by atoms with Crippen LogP contribution in [0.15, 0.2) is 53.3 Å². The molecule has 142 valence electrons. The third-order valence-corrected chi connectivity index (χ3v) is 5.37. The highest BCUT2D eigenvalue weighted by Gasteiger charge is 2.23. The van der Waals surface area contributed by atoms with Gasteiger partial charge in [0, 0.05) is 27.9 Å². The molecule has 7 heteroatoms. The van der Waals surface area contributed by atoms with E-state index in [4.69, 9.17) is 11.6 Å². The summed E-state index contributed by atoms with van der Waals surface area (Å²) in [7, 11) is 0. The summed E-state index contributed by atoms with van der Waals surface area (Å²) in [5.74, 6) is -0.189. The van der Waals surface area contributed by atoms with Gasteiger partial charge in [0.15, 0.2) is 5.65 Å². The van der Waals surface area contributed by atoms with Crippen LogP contribution in [0.4, 0.5) is 5.69 Å². The fourth-order valence-electron chi connectivity index (χ4n) is 3.48. The Hall–Kier alpha value is -3.12. The first-order chi connectivity index (χ1) is 13.4. The average molecular weight is 395 g/mol. The number of hydrogen-bond donors (Lipinski definition) is 1. The summed E-state index contributed by atoms with van der Waals surface area (Å²) in [5.41, 5.74) is 3.27. The van der Waals surface area contributed by atoms with Crippen molar-refractivity contribution in [3.8, 4) is 0 Å². The molecule has 0 fully saturated rings. The Labute approximate surface area is 166 Å². The van der Waals surface area contributed by atoms with Gasteiger partial charge in [-0.05, 0) is 50.6 Å². The highest BCUT2D eigenvalue weighted by molar-refractivity contribution is 6.31. The van der Waals surface area contributed by atoms with E-state index in [0.717, 1.165) is 16.5 Å². The smallest absolute Gasteiger partial charge is 0.273 e. The number of halogens is 1. The minimum Gasteiger partial charge on any atom is -0.324 e. The highest BCUT2D eigenvalue weighted by atomic mass is 35.5. The van der Waals surface area contributed by atoms with Gasteiger partial charge < -0.3 is 5.32 Å². The Morgan fingerprint density at radius 3 is 2.68 bits per heavy atom. The molecule has 0 aliphatic rings. The zero-order valence-corrected chi connectivity index (χ0v) is 16.5. The maximum absolute atomic E-state index is 13.1. The summed E-state index contributed by atoms with van der Waals surface area (Å²) in [6.45, 7) is 5.51. The zero-order chi connectivity index (χ0) is 20.0. The fraction of sp³-hybridized carbons (Fsp3) is 0.190. The summed E-state index contributed by atoms with van der Waals surface area (Å²) >= 11 is 6.17. The molecule has 6 nitrogen and oxygen atoms in total. The monoisotopic (exact) mass is 394 g/mol. The summed E-state index contributed by atoms with van der Waals surface area (Å²) in [5, 5.41) is 4.38. The van der Waals surface area contributed by atoms with Crippen molar-refractivity contribution >= 4 is 39.7 Å². The van der Waals surface area contributed by atoms with Crippen LogP contribution in [0.25, 0.3) is 16.6 Å². The van der Waals surface area contributed by atoms with Gasteiger partial charge >= 0.3 is 0 Å². The van der Waals surface area contributed by atoms with E-state index >= 15 is 0 Å². The molecule has 0 saturated carbocycles. The lowest BCUT2D eigenvalue weighted by molar-refractivity contribution is -0.119. The second-order valence-electron chi connectivity index (χ2n) is 6.81. The number of carbonyl (C=O) groups excluding carboxylic acids is 1. The first-order valence-electron chi connectivity index (χ1n) is 8.94. The van der Waals surface area contributed by atoms with Crippen molar-refractivity contribution in [3.63, 3.8) is 0 Å². The molecule has 0 saturated heterocycles. The summed E-state index contributed by atoms with van der Waals surface area (Å²) < 4.78 is 3.68. The van der Waals surface area contributed by atoms with E-state index in [0.29, 0.717) is 22.1 Å². The van der Waals surface area contributed by atoms with E-state index < -0.39 is 6.04 Å². The average Bonchev–Trinajstić information content (AvgIpc) is 2.99. The number of amides is 1. The molecule has 4 rings (SSSR count). The molecule has 4 aromatic rings. The van der Waals surface area contributed by atoms with Crippen molar-refractivity contribution in [1.82, 2.24) is 14.2 Å². The highest BCUT2D eigenvalue weighted by Crippen LogP contribution is 2.27. The normalized spacial score (nSPS) is 12.4. The van der Waals surface area contributed by atoms with Gasteiger partial charge in [-0.25, -0.2) is 4.52 Å². The molecule has 0 radical (unpaired) electrons. The maximum Gasteiger partial charge on any atom is 0.273 e. The quantitative estimate of drug-likeness (QED) is 0.568. The number of nitrogens with zero attached hydrogens (tertiary/aromatic N) is 3. The molecule has 1 amide bonds. The van der Waals surface area contributed by atoms with Gasteiger partial charge in [-0.15, -0.1) is 0 Å². The Balaban J connectivity index is 1.86. The zero-order valence-electron chi connectivity index (χ0n) is 15.7. The molecule has 0 bridgehead atoms. The van der Waals surface area contributed by atoms with Crippen molar-refractivity contribution in [2.24, 2.45) is 0 Å². The van der Waals surface area contributed by atoms with Gasteiger partial charge in [0.05, 0.1) is 5.52 Å². The van der Waals surface area contributed by atoms with Crippen LogP contribution in [0, 0.1) is 13.8 Å². The number of carbonyl (C=O) groups is 1. The molecule has 0 spiro atoms. The topological polar surface area (TPSA) is 68.4 Å². The van der Waals surface area contributed by atoms with Gasteiger partial charge in [0.25, 0.3) is 5.56 Å². The Kier molecular flexibility index (Phi) is 4.43. The van der Waals surface area contributed by atoms with Gasteiger partial charge in [-0.2, -0.15) is 4.98 Å². The molecule has 2 heterocycles. The van der Waals surface area contributed by atoms with Crippen LogP contribution >= 0.6 is 11.6 Å². The number of nitrogens with one attached hydrogen (secondary N) is 1. The molecule has 0 aliphatic heterocycles. The molecular formula is C21H19ClN4O2. The van der Waals surface area contributed by atoms with Crippen molar-refractivity contribution in [2.45, 2.75) is 26.8 Å². The van der Waals surface area contributed by atoms with Crippen LogP contribution < -0.4 is 10.9 Å². The van der Waals surface area contributed by atoms with Crippen LogP contribution in [-0.2, 0) is 4.79 Å². The number of para-hydroxylation sites is 1.